The first kappa shape index (κ1) is 18.4. The van der Waals surface area contributed by atoms with Gasteiger partial charge in [0, 0.05) is 12.0 Å². The quantitative estimate of drug-likeness (QED) is 0.630. The minimum Gasteiger partial charge on any atom is -0.493 e. The number of ether oxygens (including phenoxy) is 2. The Bertz CT molecular complexity index is 935. The fourth-order valence-electron chi connectivity index (χ4n) is 3.58. The van der Waals surface area contributed by atoms with Gasteiger partial charge in [-0.3, -0.25) is 4.79 Å². The first-order valence-electron chi connectivity index (χ1n) is 9.94. The first-order chi connectivity index (χ1) is 13.8. The van der Waals surface area contributed by atoms with E-state index in [1.54, 1.807) is 0 Å². The van der Waals surface area contributed by atoms with Crippen LogP contribution in [-0.4, -0.2) is 17.9 Å². The van der Waals surface area contributed by atoms with E-state index in [1.807, 2.05) is 36.4 Å². The van der Waals surface area contributed by atoms with Gasteiger partial charge in [0.2, 0.25) is 0 Å². The Hall–Kier alpha value is -2.95. The zero-order valence-electron chi connectivity index (χ0n) is 15.9. The van der Waals surface area contributed by atoms with E-state index in [1.165, 1.54) is 30.9 Å². The largest absolute Gasteiger partial charge is 0.493 e. The number of hydrogen-bond acceptors (Lipinski definition) is 4. The summed E-state index contributed by atoms with van der Waals surface area (Å²) in [7, 11) is 0. The average molecular weight is 379 g/mol. The molecule has 5 nitrogen and oxygen atoms in total. The van der Waals surface area contributed by atoms with Crippen LogP contribution in [-0.2, 0) is 6.42 Å². The van der Waals surface area contributed by atoms with Gasteiger partial charge in [0.1, 0.15) is 11.5 Å². The Balaban J connectivity index is 1.28. The van der Waals surface area contributed by atoms with Crippen molar-refractivity contribution in [2.45, 2.75) is 44.6 Å². The highest BCUT2D eigenvalue weighted by Crippen LogP contribution is 2.24. The van der Waals surface area contributed by atoms with Gasteiger partial charge in [-0.1, -0.05) is 18.6 Å². The summed E-state index contributed by atoms with van der Waals surface area (Å²) in [5, 5.41) is 2.29. The van der Waals surface area contributed by atoms with E-state index < -0.39 is 0 Å². The molecule has 1 aliphatic rings. The summed E-state index contributed by atoms with van der Waals surface area (Å²) < 4.78 is 17.1. The number of aromatic amines is 1. The summed E-state index contributed by atoms with van der Waals surface area (Å²) in [6.07, 6.45) is 7.38. The molecule has 0 amide bonds. The maximum absolute atomic E-state index is 11.2. The Morgan fingerprint density at radius 3 is 2.54 bits per heavy atom. The number of aromatic nitrogens is 1. The van der Waals surface area contributed by atoms with Gasteiger partial charge in [0.15, 0.2) is 5.76 Å². The molecule has 0 unspecified atom stereocenters. The molecule has 0 bridgehead atoms. The maximum Gasteiger partial charge on any atom is 0.280 e. The van der Waals surface area contributed by atoms with Crippen LogP contribution in [0.25, 0.3) is 11.3 Å². The highest BCUT2D eigenvalue weighted by atomic mass is 16.5. The summed E-state index contributed by atoms with van der Waals surface area (Å²) in [4.78, 5) is 11.2. The summed E-state index contributed by atoms with van der Waals surface area (Å²) in [5.41, 5.74) is 1.79. The van der Waals surface area contributed by atoms with E-state index in [9.17, 15) is 4.79 Å². The molecule has 0 saturated heterocycles. The second-order valence-corrected chi connectivity index (χ2v) is 7.23. The predicted molar refractivity (Wildman–Crippen MR) is 108 cm³/mol. The van der Waals surface area contributed by atoms with E-state index in [2.05, 4.69) is 17.3 Å². The second kappa shape index (κ2) is 8.83. The molecule has 0 aliphatic heterocycles. The van der Waals surface area contributed by atoms with Crippen molar-refractivity contribution in [3.63, 3.8) is 0 Å². The van der Waals surface area contributed by atoms with Crippen LogP contribution >= 0.6 is 0 Å². The standard InChI is InChI=1S/C23H25NO4/c25-23-16-22(28-24-23)18-9-11-19(12-10-18)26-14-13-17-5-4-8-21(15-17)27-20-6-2-1-3-7-20/h4-5,8-12,15-16,20H,1-3,6-7,13-14H2,(H,24,25). The van der Waals surface area contributed by atoms with Crippen LogP contribution in [0.2, 0.25) is 0 Å². The minimum atomic E-state index is -0.245. The van der Waals surface area contributed by atoms with Gasteiger partial charge < -0.3 is 14.0 Å². The predicted octanol–water partition coefficient (Wildman–Crippen LogP) is 4.97. The Morgan fingerprint density at radius 2 is 1.79 bits per heavy atom. The number of rotatable bonds is 7. The molecule has 1 aliphatic carbocycles. The van der Waals surface area contributed by atoms with Crippen molar-refractivity contribution >= 4 is 0 Å². The van der Waals surface area contributed by atoms with Crippen LogP contribution in [0.1, 0.15) is 37.7 Å². The Morgan fingerprint density at radius 1 is 0.964 bits per heavy atom. The molecule has 0 atom stereocenters. The average Bonchev–Trinajstić information content (AvgIpc) is 3.16. The molecule has 1 saturated carbocycles. The topological polar surface area (TPSA) is 64.5 Å². The summed E-state index contributed by atoms with van der Waals surface area (Å²) in [5.74, 6) is 2.27. The van der Waals surface area contributed by atoms with Crippen LogP contribution in [0.3, 0.4) is 0 Å². The molecule has 1 N–H and O–H groups in total. The lowest BCUT2D eigenvalue weighted by Gasteiger charge is -2.23. The van der Waals surface area contributed by atoms with Crippen molar-refractivity contribution in [3.8, 4) is 22.8 Å². The molecule has 0 spiro atoms. The van der Waals surface area contributed by atoms with E-state index in [0.717, 1.165) is 36.3 Å². The fraction of sp³-hybridized carbons (Fsp3) is 0.348. The van der Waals surface area contributed by atoms with Crippen molar-refractivity contribution in [3.05, 3.63) is 70.5 Å². The van der Waals surface area contributed by atoms with Gasteiger partial charge in [-0.25, -0.2) is 0 Å². The minimum absolute atomic E-state index is 0.245. The van der Waals surface area contributed by atoms with E-state index in [-0.39, 0.29) is 5.56 Å². The first-order valence-corrected chi connectivity index (χ1v) is 9.94. The zero-order valence-corrected chi connectivity index (χ0v) is 15.9. The number of nitrogens with one attached hydrogen (secondary N) is 1. The summed E-state index contributed by atoms with van der Waals surface area (Å²) in [6.45, 7) is 0.589. The van der Waals surface area contributed by atoms with Gasteiger partial charge in [-0.05, 0) is 67.6 Å². The monoisotopic (exact) mass is 379 g/mol. The summed E-state index contributed by atoms with van der Waals surface area (Å²) in [6, 6.07) is 17.3. The molecule has 4 rings (SSSR count). The second-order valence-electron chi connectivity index (χ2n) is 7.23. The van der Waals surface area contributed by atoms with Crippen molar-refractivity contribution in [2.75, 3.05) is 6.61 Å². The Kier molecular flexibility index (Phi) is 5.80. The van der Waals surface area contributed by atoms with Crippen LogP contribution in [0.4, 0.5) is 0 Å². The lowest BCUT2D eigenvalue weighted by Crippen LogP contribution is -2.19. The Labute approximate surface area is 164 Å². The van der Waals surface area contributed by atoms with E-state index >= 15 is 0 Å². The zero-order chi connectivity index (χ0) is 19.2. The molecule has 2 aromatic carbocycles. The molecule has 0 radical (unpaired) electrons. The molecule has 1 aromatic heterocycles. The van der Waals surface area contributed by atoms with Gasteiger partial charge >= 0.3 is 0 Å². The van der Waals surface area contributed by atoms with Gasteiger partial charge in [0.25, 0.3) is 5.56 Å². The third-order valence-electron chi connectivity index (χ3n) is 5.08. The van der Waals surface area contributed by atoms with E-state index in [0.29, 0.717) is 18.5 Å². The third-order valence-corrected chi connectivity index (χ3v) is 5.08. The fourth-order valence-corrected chi connectivity index (χ4v) is 3.58. The van der Waals surface area contributed by atoms with Crippen LogP contribution in [0.5, 0.6) is 11.5 Å². The highest BCUT2D eigenvalue weighted by Gasteiger charge is 2.14. The van der Waals surface area contributed by atoms with E-state index in [4.69, 9.17) is 14.0 Å². The lowest BCUT2D eigenvalue weighted by molar-refractivity contribution is 0.155. The maximum atomic E-state index is 11.2. The van der Waals surface area contributed by atoms with Crippen molar-refractivity contribution in [1.29, 1.82) is 0 Å². The molecular weight excluding hydrogens is 354 g/mol. The van der Waals surface area contributed by atoms with Crippen molar-refractivity contribution in [1.82, 2.24) is 5.16 Å². The number of hydrogen-bond donors (Lipinski definition) is 1. The molecule has 5 heteroatoms. The lowest BCUT2D eigenvalue weighted by atomic mass is 9.98. The molecular formula is C23H25NO4. The molecule has 1 heterocycles. The molecule has 146 valence electrons. The normalized spacial score (nSPS) is 14.7. The van der Waals surface area contributed by atoms with Crippen LogP contribution in [0, 0.1) is 0 Å². The van der Waals surface area contributed by atoms with Crippen LogP contribution in [0.15, 0.2) is 63.9 Å². The SMILES string of the molecule is O=c1cc(-c2ccc(OCCc3cccc(OC4CCCCC4)c3)cc2)o[nH]1. The third kappa shape index (κ3) is 4.85. The molecule has 28 heavy (non-hydrogen) atoms. The van der Waals surface area contributed by atoms with Crippen LogP contribution < -0.4 is 15.0 Å². The smallest absolute Gasteiger partial charge is 0.280 e. The molecule has 3 aromatic rings. The van der Waals surface area contributed by atoms with Gasteiger partial charge in [0.05, 0.1) is 18.8 Å². The highest BCUT2D eigenvalue weighted by molar-refractivity contribution is 5.57. The summed E-state index contributed by atoms with van der Waals surface area (Å²) >= 11 is 0. The van der Waals surface area contributed by atoms with Gasteiger partial charge in [-0.15, -0.1) is 0 Å². The number of H-pyrrole nitrogens is 1. The van der Waals surface area contributed by atoms with Gasteiger partial charge in [-0.2, -0.15) is 5.16 Å². The molecule has 1 fully saturated rings. The van der Waals surface area contributed by atoms with Crippen molar-refractivity contribution < 1.29 is 14.0 Å². The van der Waals surface area contributed by atoms with Crippen molar-refractivity contribution in [2.24, 2.45) is 0 Å². The number of benzene rings is 2.